The van der Waals surface area contributed by atoms with Crippen LogP contribution in [-0.2, 0) is 21.1 Å². The quantitative estimate of drug-likeness (QED) is 0.232. The predicted octanol–water partition coefficient (Wildman–Crippen LogP) is 6.73. The van der Waals surface area contributed by atoms with Gasteiger partial charge in [0.05, 0.1) is 12.2 Å². The topological polar surface area (TPSA) is 42.2 Å². The number of hydrogen-bond donors (Lipinski definition) is 0. The maximum atomic E-state index is 13.6. The van der Waals surface area contributed by atoms with Crippen molar-refractivity contribution >= 4 is 28.8 Å². The lowest BCUT2D eigenvalue weighted by Gasteiger charge is -2.20. The van der Waals surface area contributed by atoms with Gasteiger partial charge >= 0.3 is 11.4 Å². The van der Waals surface area contributed by atoms with E-state index >= 15 is 0 Å². The van der Waals surface area contributed by atoms with Gasteiger partial charge in [-0.25, -0.2) is 0 Å². The van der Waals surface area contributed by atoms with Crippen molar-refractivity contribution < 1.29 is 22.6 Å². The fourth-order valence-electron chi connectivity index (χ4n) is 2.78. The van der Waals surface area contributed by atoms with Gasteiger partial charge in [-0.3, -0.25) is 0 Å². The van der Waals surface area contributed by atoms with E-state index in [-0.39, 0.29) is 34.2 Å². The Labute approximate surface area is 179 Å². The summed E-state index contributed by atoms with van der Waals surface area (Å²) in [6.07, 6.45) is -4.64. The standard InChI is InChI=1S/C23H22F3NO2S/c1-5-28-21(30)29-20(17-8-6-7-9-19(17)23(24,25)26)18(14-27)15-10-12-16(13-11-15)22(2,3)4/h6-13H,5H2,1-4H3/b20-18+. The van der Waals surface area contributed by atoms with Gasteiger partial charge in [-0.15, -0.1) is 0 Å². The molecular formula is C23H22F3NO2S. The molecule has 0 bridgehead atoms. The van der Waals surface area contributed by atoms with Crippen molar-refractivity contribution in [1.82, 2.24) is 0 Å². The monoisotopic (exact) mass is 433 g/mol. The molecule has 0 aliphatic heterocycles. The fraction of sp³-hybridized carbons (Fsp3) is 0.304. The van der Waals surface area contributed by atoms with Crippen molar-refractivity contribution in [1.29, 1.82) is 5.26 Å². The van der Waals surface area contributed by atoms with Crippen LogP contribution in [0.1, 0.15) is 49.9 Å². The maximum absolute atomic E-state index is 13.6. The molecule has 0 aliphatic rings. The number of thiocarbonyl (C=S) groups is 1. The Morgan fingerprint density at radius 3 is 2.13 bits per heavy atom. The second kappa shape index (κ2) is 9.31. The Hall–Kier alpha value is -2.85. The highest BCUT2D eigenvalue weighted by Gasteiger charge is 2.35. The molecule has 7 heteroatoms. The lowest BCUT2D eigenvalue weighted by atomic mass is 9.86. The van der Waals surface area contributed by atoms with Crippen LogP contribution in [0, 0.1) is 11.3 Å². The fourth-order valence-corrected chi connectivity index (χ4v) is 2.98. The van der Waals surface area contributed by atoms with Gasteiger partial charge in [-0.2, -0.15) is 18.4 Å². The van der Waals surface area contributed by atoms with Crippen LogP contribution in [0.2, 0.25) is 0 Å². The minimum Gasteiger partial charge on any atom is -0.457 e. The van der Waals surface area contributed by atoms with E-state index in [2.05, 4.69) is 0 Å². The molecule has 0 aromatic heterocycles. The first kappa shape index (κ1) is 23.4. The number of allylic oxidation sites excluding steroid dienone is 1. The van der Waals surface area contributed by atoms with E-state index in [1.54, 1.807) is 19.1 Å². The van der Waals surface area contributed by atoms with E-state index in [0.717, 1.165) is 11.6 Å². The zero-order valence-corrected chi connectivity index (χ0v) is 17.9. The van der Waals surface area contributed by atoms with Gasteiger partial charge in [0, 0.05) is 17.8 Å². The second-order valence-electron chi connectivity index (χ2n) is 7.47. The zero-order chi connectivity index (χ0) is 22.5. The molecule has 0 saturated heterocycles. The van der Waals surface area contributed by atoms with Crippen molar-refractivity contribution in [2.24, 2.45) is 0 Å². The first-order valence-corrected chi connectivity index (χ1v) is 9.66. The molecule has 0 N–H and O–H groups in total. The number of nitrogens with zero attached hydrogens (tertiary/aromatic N) is 1. The Balaban J connectivity index is 2.73. The van der Waals surface area contributed by atoms with Crippen molar-refractivity contribution in [3.8, 4) is 6.07 Å². The Kier molecular flexibility index (Phi) is 7.27. The molecule has 0 atom stereocenters. The first-order chi connectivity index (χ1) is 14.0. The van der Waals surface area contributed by atoms with E-state index < -0.39 is 11.7 Å². The molecule has 158 valence electrons. The number of halogens is 3. The average Bonchev–Trinajstić information content (AvgIpc) is 2.67. The van der Waals surface area contributed by atoms with Gasteiger partial charge < -0.3 is 9.47 Å². The highest BCUT2D eigenvalue weighted by atomic mass is 32.1. The summed E-state index contributed by atoms with van der Waals surface area (Å²) in [5.74, 6) is -0.299. The lowest BCUT2D eigenvalue weighted by molar-refractivity contribution is -0.137. The molecule has 3 nitrogen and oxygen atoms in total. The summed E-state index contributed by atoms with van der Waals surface area (Å²) in [7, 11) is 0. The van der Waals surface area contributed by atoms with Gasteiger partial charge in [-0.05, 0) is 29.5 Å². The third kappa shape index (κ3) is 5.61. The highest BCUT2D eigenvalue weighted by Crippen LogP contribution is 2.38. The van der Waals surface area contributed by atoms with Gasteiger partial charge in [0.1, 0.15) is 11.6 Å². The van der Waals surface area contributed by atoms with Crippen LogP contribution in [0.4, 0.5) is 13.2 Å². The van der Waals surface area contributed by atoms with Gasteiger partial charge in [0.2, 0.25) is 0 Å². The molecule has 0 unspecified atom stereocenters. The van der Waals surface area contributed by atoms with E-state index in [1.165, 1.54) is 18.2 Å². The van der Waals surface area contributed by atoms with Crippen molar-refractivity contribution in [3.05, 3.63) is 70.8 Å². The molecule has 0 spiro atoms. The first-order valence-electron chi connectivity index (χ1n) is 9.25. The number of alkyl halides is 3. The molecule has 30 heavy (non-hydrogen) atoms. The molecule has 0 fully saturated rings. The summed E-state index contributed by atoms with van der Waals surface area (Å²) in [5, 5.41) is 9.47. The average molecular weight is 433 g/mol. The van der Waals surface area contributed by atoms with Crippen LogP contribution in [0.5, 0.6) is 0 Å². The zero-order valence-electron chi connectivity index (χ0n) is 17.1. The number of ether oxygens (including phenoxy) is 2. The smallest absolute Gasteiger partial charge is 0.417 e. The minimum absolute atomic E-state index is 0.0748. The SMILES string of the molecule is CCOC(=S)O/C(=C(\C#N)c1ccc(C(C)(C)C)cc1)c1ccccc1C(F)(F)F. The Bertz CT molecular complexity index is 981. The van der Waals surface area contributed by atoms with E-state index in [4.69, 9.17) is 21.7 Å². The van der Waals surface area contributed by atoms with Gasteiger partial charge in [0.15, 0.2) is 5.76 Å². The minimum atomic E-state index is -4.64. The third-order valence-corrected chi connectivity index (χ3v) is 4.50. The molecule has 0 radical (unpaired) electrons. The highest BCUT2D eigenvalue weighted by molar-refractivity contribution is 7.79. The second-order valence-corrected chi connectivity index (χ2v) is 7.81. The van der Waals surface area contributed by atoms with Crippen molar-refractivity contribution in [2.45, 2.75) is 39.3 Å². The van der Waals surface area contributed by atoms with E-state index in [9.17, 15) is 18.4 Å². The molecule has 0 aliphatic carbocycles. The lowest BCUT2D eigenvalue weighted by Crippen LogP contribution is -2.13. The summed E-state index contributed by atoms with van der Waals surface area (Å²) in [6, 6.07) is 13.9. The van der Waals surface area contributed by atoms with Gasteiger partial charge in [-0.1, -0.05) is 63.2 Å². The van der Waals surface area contributed by atoms with Crippen LogP contribution >= 0.6 is 12.2 Å². The van der Waals surface area contributed by atoms with E-state index in [0.29, 0.717) is 5.56 Å². The van der Waals surface area contributed by atoms with Crippen LogP contribution in [0.3, 0.4) is 0 Å². The maximum Gasteiger partial charge on any atom is 0.417 e. The number of nitriles is 1. The summed E-state index contributed by atoms with van der Waals surface area (Å²) >= 11 is 4.98. The third-order valence-electron chi connectivity index (χ3n) is 4.30. The number of rotatable bonds is 4. The van der Waals surface area contributed by atoms with Gasteiger partial charge in [0.25, 0.3) is 0 Å². The molecule has 2 aromatic carbocycles. The summed E-state index contributed by atoms with van der Waals surface area (Å²) in [4.78, 5) is 0. The van der Waals surface area contributed by atoms with Crippen LogP contribution in [0.25, 0.3) is 11.3 Å². The normalized spacial score (nSPS) is 12.6. The molecule has 0 amide bonds. The number of hydrogen-bond acceptors (Lipinski definition) is 4. The molecule has 2 aromatic rings. The molecular weight excluding hydrogens is 411 g/mol. The van der Waals surface area contributed by atoms with Crippen LogP contribution < -0.4 is 0 Å². The van der Waals surface area contributed by atoms with Crippen LogP contribution in [-0.4, -0.2) is 11.8 Å². The Morgan fingerprint density at radius 2 is 1.63 bits per heavy atom. The summed E-state index contributed by atoms with van der Waals surface area (Å²) in [6.45, 7) is 7.96. The Morgan fingerprint density at radius 1 is 1.03 bits per heavy atom. The summed E-state index contributed by atoms with van der Waals surface area (Å²) < 4.78 is 51.5. The summed E-state index contributed by atoms with van der Waals surface area (Å²) in [5.41, 5.74) is 0.0211. The van der Waals surface area contributed by atoms with Crippen molar-refractivity contribution in [3.63, 3.8) is 0 Å². The molecule has 2 rings (SSSR count). The van der Waals surface area contributed by atoms with Crippen molar-refractivity contribution in [2.75, 3.05) is 6.61 Å². The number of benzene rings is 2. The largest absolute Gasteiger partial charge is 0.457 e. The van der Waals surface area contributed by atoms with E-state index in [1.807, 2.05) is 39.0 Å². The van der Waals surface area contributed by atoms with Crippen LogP contribution in [0.15, 0.2) is 48.5 Å². The predicted molar refractivity (Wildman–Crippen MR) is 114 cm³/mol. The molecule has 0 saturated carbocycles. The molecule has 0 heterocycles.